The maximum atomic E-state index is 13.6. The fourth-order valence-electron chi connectivity index (χ4n) is 10.5. The second-order valence-corrected chi connectivity index (χ2v) is 17.5. The minimum absolute atomic E-state index is 0.123. The normalized spacial score (nSPS) is 32.5. The van der Waals surface area contributed by atoms with Gasteiger partial charge in [0.15, 0.2) is 0 Å². The fraction of sp³-hybridized carbons (Fsp3) is 0.902. The Labute approximate surface area is 294 Å². The van der Waals surface area contributed by atoms with Crippen LogP contribution in [0.3, 0.4) is 0 Å². The number of carbonyl (C=O) groups is 2. The molecule has 0 aromatic carbocycles. The number of rotatable bonds is 19. The first-order valence-corrected chi connectivity index (χ1v) is 20.3. The number of nitrogens with one attached hydrogen (secondary N) is 1. The molecular weight excluding hydrogens is 596 g/mol. The number of ether oxygens (including phenoxy) is 1. The van der Waals surface area contributed by atoms with Crippen LogP contribution in [-0.2, 0) is 14.3 Å². The highest BCUT2D eigenvalue weighted by Crippen LogP contribution is 2.67. The van der Waals surface area contributed by atoms with Crippen molar-refractivity contribution in [3.05, 3.63) is 11.6 Å². The van der Waals surface area contributed by atoms with E-state index in [9.17, 15) is 9.59 Å². The van der Waals surface area contributed by atoms with Gasteiger partial charge in [-0.2, -0.15) is 0 Å². The molecule has 0 radical (unpaired) electrons. The number of fused-ring (bicyclic) bond motifs is 5. The molecular formula is C41H74N4O3. The number of nitrogens with two attached hydrogens (primary N) is 2. The summed E-state index contributed by atoms with van der Waals surface area (Å²) in [4.78, 5) is 29.0. The summed E-state index contributed by atoms with van der Waals surface area (Å²) in [6, 6.07) is 0. The molecule has 7 nitrogen and oxygen atoms in total. The molecule has 3 saturated carbocycles. The van der Waals surface area contributed by atoms with Crippen molar-refractivity contribution >= 4 is 11.9 Å². The summed E-state index contributed by atoms with van der Waals surface area (Å²) >= 11 is 0. The Morgan fingerprint density at radius 3 is 2.35 bits per heavy atom. The van der Waals surface area contributed by atoms with Gasteiger partial charge in [0, 0.05) is 19.5 Å². The highest BCUT2D eigenvalue weighted by molar-refractivity contribution is 5.97. The highest BCUT2D eigenvalue weighted by atomic mass is 16.5. The molecule has 0 aromatic heterocycles. The molecule has 0 bridgehead atoms. The molecule has 7 heteroatoms. The van der Waals surface area contributed by atoms with Crippen molar-refractivity contribution in [1.82, 2.24) is 10.2 Å². The third-order valence-electron chi connectivity index (χ3n) is 13.6. The van der Waals surface area contributed by atoms with Crippen LogP contribution in [0.15, 0.2) is 11.6 Å². The largest absolute Gasteiger partial charge is 0.461 e. The monoisotopic (exact) mass is 671 g/mol. The third kappa shape index (κ3) is 9.46. The lowest BCUT2D eigenvalue weighted by atomic mass is 9.45. The molecule has 0 spiro atoms. The molecule has 5 N–H and O–H groups in total. The van der Waals surface area contributed by atoms with E-state index >= 15 is 0 Å². The smallest absolute Gasteiger partial charge is 0.318 e. The van der Waals surface area contributed by atoms with Gasteiger partial charge in [-0.05, 0) is 144 Å². The van der Waals surface area contributed by atoms with E-state index in [0.717, 1.165) is 81.7 Å². The van der Waals surface area contributed by atoms with Crippen molar-refractivity contribution in [3.63, 3.8) is 0 Å². The third-order valence-corrected chi connectivity index (χ3v) is 13.6. The van der Waals surface area contributed by atoms with E-state index in [2.05, 4.69) is 46.0 Å². The molecule has 48 heavy (non-hydrogen) atoms. The molecule has 4 aliphatic carbocycles. The highest BCUT2D eigenvalue weighted by Gasteiger charge is 2.59. The average Bonchev–Trinajstić information content (AvgIpc) is 3.46. The lowest BCUT2D eigenvalue weighted by Gasteiger charge is -2.60. The number of carbonyl (C=O) groups excluding carboxylic acids is 2. The van der Waals surface area contributed by atoms with Crippen molar-refractivity contribution in [2.24, 2.45) is 63.7 Å². The Morgan fingerprint density at radius 1 is 0.896 bits per heavy atom. The molecule has 9 atom stereocenters. The predicted molar refractivity (Wildman–Crippen MR) is 198 cm³/mol. The van der Waals surface area contributed by atoms with E-state index < -0.39 is 5.92 Å². The predicted octanol–water partition coefficient (Wildman–Crippen LogP) is 7.47. The molecule has 276 valence electrons. The van der Waals surface area contributed by atoms with Crippen LogP contribution in [0.4, 0.5) is 0 Å². The zero-order valence-electron chi connectivity index (χ0n) is 31.9. The van der Waals surface area contributed by atoms with Crippen LogP contribution < -0.4 is 16.8 Å². The lowest BCUT2D eigenvalue weighted by Crippen LogP contribution is -2.53. The van der Waals surface area contributed by atoms with Gasteiger partial charge in [-0.1, -0.05) is 72.0 Å². The van der Waals surface area contributed by atoms with E-state index in [1.165, 1.54) is 51.4 Å². The van der Waals surface area contributed by atoms with E-state index in [4.69, 9.17) is 16.2 Å². The molecule has 1 amide bonds. The molecule has 8 unspecified atom stereocenters. The van der Waals surface area contributed by atoms with Crippen molar-refractivity contribution < 1.29 is 14.3 Å². The van der Waals surface area contributed by atoms with E-state index in [0.29, 0.717) is 43.4 Å². The second-order valence-electron chi connectivity index (χ2n) is 17.5. The van der Waals surface area contributed by atoms with Crippen LogP contribution in [0.5, 0.6) is 0 Å². The SMILES string of the molecule is CC(C)CCC[C@@H](C)C1C=C2CC(OC(=O)C(C)C(=O)N(CCCN)CCCCNCCCN)CCC2(C)C2CCC3(C)CCCC3C12. The number of amides is 1. The van der Waals surface area contributed by atoms with E-state index in [1.54, 1.807) is 12.5 Å². The first kappa shape index (κ1) is 39.3. The van der Waals surface area contributed by atoms with Crippen LogP contribution in [0, 0.1) is 52.3 Å². The zero-order valence-corrected chi connectivity index (χ0v) is 31.9. The Bertz CT molecular complexity index is 1060. The summed E-state index contributed by atoms with van der Waals surface area (Å²) < 4.78 is 6.24. The van der Waals surface area contributed by atoms with Crippen molar-refractivity contribution in [2.75, 3.05) is 39.3 Å². The minimum atomic E-state index is -0.796. The number of hydrogen-bond donors (Lipinski definition) is 3. The molecule has 0 aliphatic heterocycles. The second kappa shape index (κ2) is 18.2. The summed E-state index contributed by atoms with van der Waals surface area (Å²) in [5.74, 6) is 3.14. The summed E-state index contributed by atoms with van der Waals surface area (Å²) in [7, 11) is 0. The van der Waals surface area contributed by atoms with Gasteiger partial charge in [0.1, 0.15) is 12.0 Å². The molecule has 0 heterocycles. The molecule has 0 aromatic rings. The van der Waals surface area contributed by atoms with Gasteiger partial charge >= 0.3 is 5.97 Å². The van der Waals surface area contributed by atoms with Crippen LogP contribution in [0.25, 0.3) is 0 Å². The Kier molecular flexibility index (Phi) is 14.9. The summed E-state index contributed by atoms with van der Waals surface area (Å²) in [6.45, 7) is 18.4. The van der Waals surface area contributed by atoms with Crippen LogP contribution in [0.1, 0.15) is 138 Å². The van der Waals surface area contributed by atoms with Crippen LogP contribution in [0.2, 0.25) is 0 Å². The summed E-state index contributed by atoms with van der Waals surface area (Å²) in [5.41, 5.74) is 13.7. The zero-order chi connectivity index (χ0) is 34.9. The number of unbranched alkanes of at least 4 members (excludes halogenated alkanes) is 1. The van der Waals surface area contributed by atoms with Gasteiger partial charge in [-0.25, -0.2) is 0 Å². The van der Waals surface area contributed by atoms with E-state index in [1.807, 2.05) is 4.90 Å². The van der Waals surface area contributed by atoms with Crippen molar-refractivity contribution in [2.45, 2.75) is 144 Å². The van der Waals surface area contributed by atoms with Crippen molar-refractivity contribution in [1.29, 1.82) is 0 Å². The van der Waals surface area contributed by atoms with Crippen LogP contribution in [-0.4, -0.2) is 62.1 Å². The van der Waals surface area contributed by atoms with Crippen molar-refractivity contribution in [3.8, 4) is 0 Å². The van der Waals surface area contributed by atoms with Gasteiger partial charge < -0.3 is 26.4 Å². The average molecular weight is 671 g/mol. The van der Waals surface area contributed by atoms with E-state index in [-0.39, 0.29) is 23.4 Å². The maximum absolute atomic E-state index is 13.6. The number of allylic oxidation sites excluding steroid dienone is 1. The first-order valence-electron chi connectivity index (χ1n) is 20.3. The standard InChI is InChI=1S/C41H74N4O3/c1-29(2)13-9-14-30(3)34-28-32-27-33(16-20-41(32,6)36-17-19-40(5)18-10-15-35(40)37(34)36)48-39(47)31(4)38(46)45(26-12-22-43)25-8-7-23-44-24-11-21-42/h28-31,33-37,44H,7-27,42-43H2,1-6H3/t30-,31?,33?,34?,35?,36?,37?,40?,41?/m1/s1. The first-order chi connectivity index (χ1) is 22.9. The fourth-order valence-corrected chi connectivity index (χ4v) is 10.5. The van der Waals surface area contributed by atoms with Gasteiger partial charge in [0.2, 0.25) is 5.91 Å². The Morgan fingerprint density at radius 2 is 1.62 bits per heavy atom. The van der Waals surface area contributed by atoms with Crippen LogP contribution >= 0.6 is 0 Å². The summed E-state index contributed by atoms with van der Waals surface area (Å²) in [5, 5.41) is 3.41. The molecule has 0 saturated heterocycles. The lowest BCUT2D eigenvalue weighted by molar-refractivity contribution is -0.161. The summed E-state index contributed by atoms with van der Waals surface area (Å²) in [6.07, 6.45) is 19.8. The molecule has 4 rings (SSSR count). The number of esters is 1. The Balaban J connectivity index is 1.42. The number of hydrogen-bond acceptors (Lipinski definition) is 6. The quantitative estimate of drug-likeness (QED) is 0.0569. The van der Waals surface area contributed by atoms with Gasteiger partial charge in [-0.15, -0.1) is 0 Å². The minimum Gasteiger partial charge on any atom is -0.461 e. The maximum Gasteiger partial charge on any atom is 0.318 e. The van der Waals surface area contributed by atoms with Gasteiger partial charge in [-0.3, -0.25) is 9.59 Å². The molecule has 4 aliphatic rings. The Hall–Kier alpha value is -1.44. The number of nitrogens with zero attached hydrogens (tertiary/aromatic N) is 1. The molecule has 3 fully saturated rings. The van der Waals surface area contributed by atoms with Gasteiger partial charge in [0.25, 0.3) is 0 Å². The van der Waals surface area contributed by atoms with Gasteiger partial charge in [0.05, 0.1) is 0 Å². The topological polar surface area (TPSA) is 111 Å².